The van der Waals surface area contributed by atoms with Crippen LogP contribution in [0.15, 0.2) is 41.3 Å². The van der Waals surface area contributed by atoms with E-state index >= 15 is 0 Å². The third-order valence-electron chi connectivity index (χ3n) is 8.10. The van der Waals surface area contributed by atoms with Crippen molar-refractivity contribution in [2.75, 3.05) is 31.5 Å². The van der Waals surface area contributed by atoms with Gasteiger partial charge in [-0.15, -0.1) is 0 Å². The Labute approximate surface area is 274 Å². The molecule has 1 aromatic heterocycles. The second kappa shape index (κ2) is 14.8. The molecule has 1 saturated carbocycles. The van der Waals surface area contributed by atoms with Crippen molar-refractivity contribution >= 4 is 29.9 Å². The van der Waals surface area contributed by atoms with E-state index in [9.17, 15) is 24.0 Å². The van der Waals surface area contributed by atoms with Crippen molar-refractivity contribution in [2.24, 2.45) is 0 Å². The summed E-state index contributed by atoms with van der Waals surface area (Å²) in [6, 6.07) is 9.14. The Morgan fingerprint density at radius 2 is 1.49 bits per heavy atom. The summed E-state index contributed by atoms with van der Waals surface area (Å²) in [5.74, 6) is -0.263. The Balaban J connectivity index is 1.22. The maximum atomic E-state index is 12.8. The molecule has 5 N–H and O–H groups in total. The number of piperazine rings is 1. The summed E-state index contributed by atoms with van der Waals surface area (Å²) in [5, 5.41) is 20.4. The molecule has 1 aromatic carbocycles. The Morgan fingerprint density at radius 3 is 2.06 bits per heavy atom. The second-order valence-electron chi connectivity index (χ2n) is 13.5. The number of benzene rings is 1. The lowest BCUT2D eigenvalue weighted by Gasteiger charge is -2.38. The van der Waals surface area contributed by atoms with Gasteiger partial charge in [-0.3, -0.25) is 14.7 Å². The zero-order valence-corrected chi connectivity index (χ0v) is 27.7. The van der Waals surface area contributed by atoms with Crippen LogP contribution in [0.25, 0.3) is 5.69 Å². The average Bonchev–Trinajstić information content (AvgIpc) is 2.99. The van der Waals surface area contributed by atoms with E-state index in [4.69, 9.17) is 9.84 Å². The quantitative estimate of drug-likeness (QED) is 0.285. The number of carbonyl (C=O) groups excluding carboxylic acids is 3. The molecule has 2 aliphatic rings. The van der Waals surface area contributed by atoms with Gasteiger partial charge in [0.15, 0.2) is 0 Å². The number of urea groups is 1. The number of nitrogens with one attached hydrogen (secondary N) is 4. The number of alkyl carbamates (subject to hydrolysis) is 1. The highest BCUT2D eigenvalue weighted by Crippen LogP contribution is 2.20. The molecule has 256 valence electrons. The Bertz CT molecular complexity index is 1490. The number of amides is 5. The van der Waals surface area contributed by atoms with Crippen molar-refractivity contribution in [3.63, 3.8) is 0 Å². The van der Waals surface area contributed by atoms with E-state index in [1.165, 1.54) is 28.2 Å². The molecule has 47 heavy (non-hydrogen) atoms. The molecule has 5 amide bonds. The molecule has 0 spiro atoms. The Kier molecular flexibility index (Phi) is 11.1. The minimum absolute atomic E-state index is 0.110. The predicted octanol–water partition coefficient (Wildman–Crippen LogP) is 2.88. The van der Waals surface area contributed by atoms with Gasteiger partial charge < -0.3 is 35.6 Å². The van der Waals surface area contributed by atoms with Gasteiger partial charge in [-0.2, -0.15) is 4.98 Å². The van der Waals surface area contributed by atoms with Gasteiger partial charge in [0.25, 0.3) is 0 Å². The first-order valence-corrected chi connectivity index (χ1v) is 15.9. The topological polar surface area (TPSA) is 187 Å². The molecule has 15 nitrogen and oxygen atoms in total. The fourth-order valence-electron chi connectivity index (χ4n) is 5.64. The van der Waals surface area contributed by atoms with Gasteiger partial charge in [0.05, 0.1) is 5.69 Å². The highest BCUT2D eigenvalue weighted by atomic mass is 16.6. The van der Waals surface area contributed by atoms with Crippen LogP contribution in [0.5, 0.6) is 0 Å². The zero-order chi connectivity index (χ0) is 34.4. The molecule has 1 saturated heterocycles. The van der Waals surface area contributed by atoms with E-state index in [1.807, 2.05) is 45.0 Å². The number of nitrogens with zero attached hydrogens (tertiary/aromatic N) is 4. The van der Waals surface area contributed by atoms with Crippen LogP contribution >= 0.6 is 0 Å². The summed E-state index contributed by atoms with van der Waals surface area (Å²) in [4.78, 5) is 68.4. The van der Waals surface area contributed by atoms with Crippen LogP contribution in [0.4, 0.5) is 20.2 Å². The van der Waals surface area contributed by atoms with Gasteiger partial charge >= 0.3 is 23.9 Å². The van der Waals surface area contributed by atoms with Crippen molar-refractivity contribution in [2.45, 2.75) is 90.1 Å². The van der Waals surface area contributed by atoms with Crippen molar-refractivity contribution in [1.29, 1.82) is 0 Å². The number of aromatic nitrogens is 2. The van der Waals surface area contributed by atoms with Crippen LogP contribution in [0.2, 0.25) is 0 Å². The van der Waals surface area contributed by atoms with Crippen molar-refractivity contribution in [1.82, 2.24) is 35.3 Å². The van der Waals surface area contributed by atoms with Crippen molar-refractivity contribution < 1.29 is 29.0 Å². The standard InChI is InChI=1S/C32H46N8O7/c1-31(2,3)47-30(46)34-23-10-8-22(9-11-23)33-20-21-6-12-24(13-7-21)40-15-14-25(36-28(40)43)35-27(42)39-18-16-38(17-19-39)26(41)32(4,5)37-29(44)45/h6-7,12-15,22-23,33,37H,8-11,16-20H2,1-5H3,(H,34,46)(H,44,45)(H,35,36,42,43)/t22-,23+. The normalized spacial score (nSPS) is 18.7. The van der Waals surface area contributed by atoms with Crippen molar-refractivity contribution in [3.8, 4) is 5.69 Å². The number of hydrogen-bond acceptors (Lipinski definition) is 8. The van der Waals surface area contributed by atoms with E-state index in [0.717, 1.165) is 31.2 Å². The number of hydrogen-bond donors (Lipinski definition) is 5. The Hall–Kier alpha value is -4.66. The van der Waals surface area contributed by atoms with Gasteiger partial charge in [-0.05, 0) is 84.1 Å². The molecule has 2 fully saturated rings. The van der Waals surface area contributed by atoms with Crippen LogP contribution in [-0.4, -0.2) is 98.0 Å². The molecule has 15 heteroatoms. The minimum Gasteiger partial charge on any atom is -0.465 e. The number of carboxylic acid groups (broad SMARTS) is 1. The van der Waals surface area contributed by atoms with Gasteiger partial charge in [0, 0.05) is 51.0 Å². The van der Waals surface area contributed by atoms with Crippen LogP contribution in [0.3, 0.4) is 0 Å². The zero-order valence-electron chi connectivity index (χ0n) is 27.7. The maximum Gasteiger partial charge on any atom is 0.407 e. The lowest BCUT2D eigenvalue weighted by Crippen LogP contribution is -2.60. The van der Waals surface area contributed by atoms with E-state index in [2.05, 4.69) is 26.3 Å². The van der Waals surface area contributed by atoms with Crippen LogP contribution < -0.4 is 27.0 Å². The number of anilines is 1. The van der Waals surface area contributed by atoms with Gasteiger partial charge in [0.2, 0.25) is 5.91 Å². The van der Waals surface area contributed by atoms with Gasteiger partial charge in [0.1, 0.15) is 17.0 Å². The highest BCUT2D eigenvalue weighted by molar-refractivity contribution is 5.90. The maximum absolute atomic E-state index is 12.8. The molecule has 2 heterocycles. The molecule has 0 atom stereocenters. The second-order valence-corrected chi connectivity index (χ2v) is 13.5. The first-order valence-electron chi connectivity index (χ1n) is 15.9. The van der Waals surface area contributed by atoms with E-state index < -0.39 is 29.0 Å². The minimum atomic E-state index is -1.29. The largest absolute Gasteiger partial charge is 0.465 e. The molecule has 0 radical (unpaired) electrons. The molecular formula is C32H46N8O7. The fraction of sp³-hybridized carbons (Fsp3) is 0.562. The molecule has 4 rings (SSSR count). The number of ether oxygens (including phenoxy) is 1. The highest BCUT2D eigenvalue weighted by Gasteiger charge is 2.35. The first kappa shape index (κ1) is 35.2. The predicted molar refractivity (Wildman–Crippen MR) is 174 cm³/mol. The van der Waals surface area contributed by atoms with Gasteiger partial charge in [-0.1, -0.05) is 12.1 Å². The lowest BCUT2D eigenvalue weighted by molar-refractivity contribution is -0.138. The van der Waals surface area contributed by atoms with Gasteiger partial charge in [-0.25, -0.2) is 19.2 Å². The van der Waals surface area contributed by atoms with Crippen LogP contribution in [0, 0.1) is 0 Å². The van der Waals surface area contributed by atoms with Crippen LogP contribution in [0.1, 0.15) is 65.9 Å². The smallest absolute Gasteiger partial charge is 0.407 e. The third kappa shape index (κ3) is 10.2. The molecule has 1 aliphatic carbocycles. The van der Waals surface area contributed by atoms with E-state index in [-0.39, 0.29) is 50.0 Å². The number of rotatable bonds is 8. The summed E-state index contributed by atoms with van der Waals surface area (Å²) >= 11 is 0. The SMILES string of the molecule is CC(C)(C)OC(=O)N[C@H]1CC[C@@H](NCc2ccc(-n3ccc(NC(=O)N4CCN(C(=O)C(C)(C)NC(=O)O)CC4)nc3=O)cc2)CC1. The molecule has 1 aliphatic heterocycles. The summed E-state index contributed by atoms with van der Waals surface area (Å²) in [7, 11) is 0. The fourth-order valence-corrected chi connectivity index (χ4v) is 5.64. The lowest BCUT2D eigenvalue weighted by atomic mass is 9.91. The Morgan fingerprint density at radius 1 is 0.894 bits per heavy atom. The summed E-state index contributed by atoms with van der Waals surface area (Å²) in [6.07, 6.45) is 3.55. The van der Waals surface area contributed by atoms with E-state index in [1.54, 1.807) is 12.3 Å². The van der Waals surface area contributed by atoms with Crippen LogP contribution in [-0.2, 0) is 16.1 Å². The van der Waals surface area contributed by atoms with E-state index in [0.29, 0.717) is 18.3 Å². The molecule has 2 aromatic rings. The molecular weight excluding hydrogens is 608 g/mol. The average molecular weight is 655 g/mol. The third-order valence-corrected chi connectivity index (χ3v) is 8.10. The monoisotopic (exact) mass is 654 g/mol. The molecule has 0 bridgehead atoms. The summed E-state index contributed by atoms with van der Waals surface area (Å²) in [5.41, 5.74) is -0.646. The summed E-state index contributed by atoms with van der Waals surface area (Å²) < 4.78 is 6.75. The van der Waals surface area contributed by atoms with Crippen molar-refractivity contribution in [3.05, 3.63) is 52.6 Å². The first-order chi connectivity index (χ1) is 22.1. The number of carbonyl (C=O) groups is 4. The summed E-state index contributed by atoms with van der Waals surface area (Å²) in [6.45, 7) is 10.2. The molecule has 0 unspecified atom stereocenters.